The number of nitrogens with two attached hydrogens (primary N) is 1. The van der Waals surface area contributed by atoms with E-state index < -0.39 is 0 Å². The van der Waals surface area contributed by atoms with Gasteiger partial charge in [0.25, 0.3) is 0 Å². The molecule has 0 aromatic carbocycles. The van der Waals surface area contributed by atoms with Crippen molar-refractivity contribution < 1.29 is 0 Å². The molecule has 14 heavy (non-hydrogen) atoms. The summed E-state index contributed by atoms with van der Waals surface area (Å²) in [4.78, 5) is 4.52. The average molecular weight is 194 g/mol. The van der Waals surface area contributed by atoms with Gasteiger partial charge in [0.05, 0.1) is 5.84 Å². The Morgan fingerprint density at radius 2 is 1.79 bits per heavy atom. The van der Waals surface area contributed by atoms with E-state index in [4.69, 9.17) is 5.73 Å². The van der Waals surface area contributed by atoms with E-state index in [0.717, 1.165) is 18.3 Å². The summed E-state index contributed by atoms with van der Waals surface area (Å²) in [5, 5.41) is 0. The van der Waals surface area contributed by atoms with Gasteiger partial charge in [-0.05, 0) is 25.2 Å². The molecule has 2 N–H and O–H groups in total. The maximum absolute atomic E-state index is 6.01. The van der Waals surface area contributed by atoms with Crippen molar-refractivity contribution in [1.29, 1.82) is 0 Å². The molecule has 0 heterocycles. The fourth-order valence-electron chi connectivity index (χ4n) is 2.31. The maximum atomic E-state index is 6.01. The van der Waals surface area contributed by atoms with Crippen molar-refractivity contribution in [3.8, 4) is 0 Å². The lowest BCUT2D eigenvalue weighted by Crippen LogP contribution is -2.26. The normalized spacial score (nSPS) is 25.3. The van der Waals surface area contributed by atoms with Crippen molar-refractivity contribution >= 4 is 5.84 Å². The third-order valence-electron chi connectivity index (χ3n) is 3.55. The molecule has 0 radical (unpaired) electrons. The minimum Gasteiger partial charge on any atom is -0.387 e. The van der Waals surface area contributed by atoms with E-state index in [1.807, 2.05) is 0 Å². The highest BCUT2D eigenvalue weighted by Gasteiger charge is 2.21. The predicted molar refractivity (Wildman–Crippen MR) is 60.4 cm³/mol. The van der Waals surface area contributed by atoms with Crippen LogP contribution in [0.15, 0.2) is 4.99 Å². The Balaban J connectivity index is 1.70. The van der Waals surface area contributed by atoms with Crippen LogP contribution in [0.4, 0.5) is 0 Å². The number of nitrogens with zero attached hydrogens (tertiary/aromatic N) is 1. The second-order valence-corrected chi connectivity index (χ2v) is 4.87. The summed E-state index contributed by atoms with van der Waals surface area (Å²) < 4.78 is 0. The van der Waals surface area contributed by atoms with Gasteiger partial charge in [-0.3, -0.25) is 4.99 Å². The van der Waals surface area contributed by atoms with Gasteiger partial charge in [-0.1, -0.05) is 32.1 Å². The first-order valence-electron chi connectivity index (χ1n) is 6.16. The van der Waals surface area contributed by atoms with Crippen LogP contribution in [-0.2, 0) is 0 Å². The highest BCUT2D eigenvalue weighted by molar-refractivity contribution is 5.82. The van der Waals surface area contributed by atoms with Gasteiger partial charge in [0.2, 0.25) is 0 Å². The van der Waals surface area contributed by atoms with Crippen molar-refractivity contribution in [3.05, 3.63) is 0 Å². The molecule has 80 valence electrons. The second-order valence-electron chi connectivity index (χ2n) is 4.87. The summed E-state index contributed by atoms with van der Waals surface area (Å²) >= 11 is 0. The lowest BCUT2D eigenvalue weighted by Gasteiger charge is -2.20. The van der Waals surface area contributed by atoms with E-state index in [9.17, 15) is 0 Å². The van der Waals surface area contributed by atoms with Crippen LogP contribution in [0.2, 0.25) is 0 Å². The SMILES string of the molecule is NC(=NCCC1CC1)C1CCCCC1. The Morgan fingerprint density at radius 1 is 1.07 bits per heavy atom. The number of hydrogen-bond donors (Lipinski definition) is 1. The zero-order valence-corrected chi connectivity index (χ0v) is 9.04. The van der Waals surface area contributed by atoms with Crippen LogP contribution in [0.5, 0.6) is 0 Å². The van der Waals surface area contributed by atoms with Gasteiger partial charge in [-0.25, -0.2) is 0 Å². The first kappa shape index (κ1) is 10.0. The molecule has 0 aromatic heterocycles. The minimum absolute atomic E-state index is 0.614. The smallest absolute Gasteiger partial charge is 0.0968 e. The number of rotatable bonds is 4. The number of aliphatic imine (C=N–C) groups is 1. The molecule has 0 spiro atoms. The average Bonchev–Trinajstić information content (AvgIpc) is 3.03. The Morgan fingerprint density at radius 3 is 2.43 bits per heavy atom. The molecule has 2 heteroatoms. The van der Waals surface area contributed by atoms with E-state index in [1.54, 1.807) is 0 Å². The second kappa shape index (κ2) is 4.81. The Bertz CT molecular complexity index is 200. The minimum atomic E-state index is 0.614. The fraction of sp³-hybridized carbons (Fsp3) is 0.917. The summed E-state index contributed by atoms with van der Waals surface area (Å²) in [6.07, 6.45) is 10.8. The van der Waals surface area contributed by atoms with Gasteiger partial charge in [-0.2, -0.15) is 0 Å². The third kappa shape index (κ3) is 3.00. The van der Waals surface area contributed by atoms with Crippen LogP contribution in [0.25, 0.3) is 0 Å². The highest BCUT2D eigenvalue weighted by atomic mass is 14.9. The topological polar surface area (TPSA) is 38.4 Å². The Kier molecular flexibility index (Phi) is 3.44. The van der Waals surface area contributed by atoms with Gasteiger partial charge in [0.15, 0.2) is 0 Å². The van der Waals surface area contributed by atoms with Gasteiger partial charge in [0.1, 0.15) is 0 Å². The van der Waals surface area contributed by atoms with Crippen molar-refractivity contribution in [2.45, 2.75) is 51.4 Å². The molecule has 0 saturated heterocycles. The maximum Gasteiger partial charge on any atom is 0.0968 e. The Labute approximate surface area is 87.0 Å². The monoisotopic (exact) mass is 194 g/mol. The van der Waals surface area contributed by atoms with Gasteiger partial charge in [0, 0.05) is 12.5 Å². The molecule has 0 unspecified atom stereocenters. The molecule has 2 nitrogen and oxygen atoms in total. The van der Waals surface area contributed by atoms with Crippen molar-refractivity contribution in [2.24, 2.45) is 22.6 Å². The van der Waals surface area contributed by atoms with Crippen molar-refractivity contribution in [2.75, 3.05) is 6.54 Å². The predicted octanol–water partition coefficient (Wildman–Crippen LogP) is 2.72. The molecule has 2 aliphatic rings. The van der Waals surface area contributed by atoms with Crippen LogP contribution < -0.4 is 5.73 Å². The van der Waals surface area contributed by atoms with Crippen LogP contribution in [0, 0.1) is 11.8 Å². The van der Waals surface area contributed by atoms with Crippen LogP contribution >= 0.6 is 0 Å². The van der Waals surface area contributed by atoms with Crippen molar-refractivity contribution in [3.63, 3.8) is 0 Å². The lowest BCUT2D eigenvalue weighted by molar-refractivity contribution is 0.436. The van der Waals surface area contributed by atoms with Crippen molar-refractivity contribution in [1.82, 2.24) is 0 Å². The number of hydrogen-bond acceptors (Lipinski definition) is 1. The standard InChI is InChI=1S/C12H22N2/c13-12(11-4-2-1-3-5-11)14-9-8-10-6-7-10/h10-11H,1-9H2,(H2,13,14). The fourth-order valence-corrected chi connectivity index (χ4v) is 2.31. The molecule has 0 bridgehead atoms. The van der Waals surface area contributed by atoms with Crippen LogP contribution in [-0.4, -0.2) is 12.4 Å². The molecule has 0 aliphatic heterocycles. The van der Waals surface area contributed by atoms with E-state index in [-0.39, 0.29) is 0 Å². The first-order valence-corrected chi connectivity index (χ1v) is 6.16. The van der Waals surface area contributed by atoms with Crippen LogP contribution in [0.3, 0.4) is 0 Å². The summed E-state index contributed by atoms with van der Waals surface area (Å²) in [6, 6.07) is 0. The molecule has 2 aliphatic carbocycles. The van der Waals surface area contributed by atoms with E-state index in [0.29, 0.717) is 5.92 Å². The van der Waals surface area contributed by atoms with Crippen LogP contribution in [0.1, 0.15) is 51.4 Å². The zero-order valence-electron chi connectivity index (χ0n) is 9.04. The lowest BCUT2D eigenvalue weighted by atomic mass is 9.88. The zero-order chi connectivity index (χ0) is 9.80. The summed E-state index contributed by atoms with van der Waals surface area (Å²) in [6.45, 7) is 0.979. The molecular weight excluding hydrogens is 172 g/mol. The third-order valence-corrected chi connectivity index (χ3v) is 3.55. The Hall–Kier alpha value is -0.530. The molecule has 2 fully saturated rings. The first-order chi connectivity index (χ1) is 6.86. The molecule has 0 atom stereocenters. The number of amidine groups is 1. The largest absolute Gasteiger partial charge is 0.387 e. The van der Waals surface area contributed by atoms with E-state index in [1.165, 1.54) is 51.4 Å². The van der Waals surface area contributed by atoms with Gasteiger partial charge in [-0.15, -0.1) is 0 Å². The molecule has 0 aromatic rings. The van der Waals surface area contributed by atoms with Gasteiger partial charge < -0.3 is 5.73 Å². The molecular formula is C12H22N2. The summed E-state index contributed by atoms with van der Waals surface area (Å²) in [5.41, 5.74) is 6.01. The van der Waals surface area contributed by atoms with E-state index in [2.05, 4.69) is 4.99 Å². The quantitative estimate of drug-likeness (QED) is 0.542. The van der Waals surface area contributed by atoms with Gasteiger partial charge >= 0.3 is 0 Å². The molecule has 2 saturated carbocycles. The van der Waals surface area contributed by atoms with E-state index >= 15 is 0 Å². The highest BCUT2D eigenvalue weighted by Crippen LogP contribution is 2.32. The summed E-state index contributed by atoms with van der Waals surface area (Å²) in [5.74, 6) is 2.55. The summed E-state index contributed by atoms with van der Waals surface area (Å²) in [7, 11) is 0. The molecule has 2 rings (SSSR count). The molecule has 0 amide bonds.